The first kappa shape index (κ1) is 24.3. The van der Waals surface area contributed by atoms with Gasteiger partial charge in [-0.2, -0.15) is 0 Å². The van der Waals surface area contributed by atoms with Gasteiger partial charge in [0.15, 0.2) is 0 Å². The largest absolute Gasteiger partial charge is 0.507 e. The quantitative estimate of drug-likeness (QED) is 0.415. The van der Waals surface area contributed by atoms with Crippen molar-refractivity contribution in [3.63, 3.8) is 0 Å². The molecule has 2 nitrogen and oxygen atoms in total. The number of hydrogen-bond donors (Lipinski definition) is 1. The van der Waals surface area contributed by atoms with Gasteiger partial charge < -0.3 is 9.84 Å². The predicted molar refractivity (Wildman–Crippen MR) is 130 cm³/mol. The first-order valence-electron chi connectivity index (χ1n) is 11.6. The second kappa shape index (κ2) is 10.9. The standard InChI is InChI=1S/C28H42O2/c1-20(2)11-8-12-21(3)13-9-14-22(4)15-10-17-28(7)18-16-25-24(6)27(29)23(5)19-26(25)30-28/h11,13,15,19,29H,8-10,12,14,16-18H2,1-7H3/t28-/m1/s1. The SMILES string of the molecule is CC(C)=CCCC(C)=CCCC(C)=CCC[C@]1(C)CCc2c(cc(C)c(O)c2C)O1. The average molecular weight is 411 g/mol. The van der Waals surface area contributed by atoms with E-state index in [0.29, 0.717) is 5.75 Å². The number of benzene rings is 1. The van der Waals surface area contributed by atoms with E-state index in [1.807, 2.05) is 19.9 Å². The Hall–Kier alpha value is -1.96. The predicted octanol–water partition coefficient (Wildman–Crippen LogP) is 8.29. The third-order valence-corrected chi connectivity index (χ3v) is 6.38. The minimum Gasteiger partial charge on any atom is -0.507 e. The number of aromatic hydroxyl groups is 1. The normalized spacial score (nSPS) is 19.3. The van der Waals surface area contributed by atoms with Crippen molar-refractivity contribution < 1.29 is 9.84 Å². The molecule has 1 aromatic carbocycles. The Kier molecular flexibility index (Phi) is 8.82. The maximum Gasteiger partial charge on any atom is 0.124 e. The number of phenolic OH excluding ortho intramolecular Hbond substituents is 1. The highest BCUT2D eigenvalue weighted by molar-refractivity contribution is 5.53. The van der Waals surface area contributed by atoms with Crippen LogP contribution in [-0.2, 0) is 6.42 Å². The Bertz CT molecular complexity index is 822. The van der Waals surface area contributed by atoms with Crippen LogP contribution in [0.5, 0.6) is 11.5 Å². The van der Waals surface area contributed by atoms with Crippen LogP contribution in [-0.4, -0.2) is 10.7 Å². The molecule has 0 unspecified atom stereocenters. The molecule has 166 valence electrons. The maximum atomic E-state index is 10.2. The van der Waals surface area contributed by atoms with Gasteiger partial charge in [0.25, 0.3) is 0 Å². The summed E-state index contributed by atoms with van der Waals surface area (Å²) < 4.78 is 6.43. The minimum atomic E-state index is -0.124. The van der Waals surface area contributed by atoms with Gasteiger partial charge >= 0.3 is 0 Å². The highest BCUT2D eigenvalue weighted by Gasteiger charge is 2.32. The molecule has 0 aliphatic carbocycles. The zero-order chi connectivity index (χ0) is 22.3. The maximum absolute atomic E-state index is 10.2. The average Bonchev–Trinajstić information content (AvgIpc) is 2.65. The molecule has 0 saturated heterocycles. The molecule has 0 aromatic heterocycles. The second-order valence-corrected chi connectivity index (χ2v) is 9.69. The molecule has 1 heterocycles. The van der Waals surface area contributed by atoms with E-state index < -0.39 is 0 Å². The van der Waals surface area contributed by atoms with Crippen LogP contribution in [0.15, 0.2) is 41.0 Å². The fourth-order valence-corrected chi connectivity index (χ4v) is 4.22. The molecular formula is C28H42O2. The number of phenols is 1. The molecule has 2 heteroatoms. The number of hydrogen-bond acceptors (Lipinski definition) is 2. The first-order valence-corrected chi connectivity index (χ1v) is 11.6. The minimum absolute atomic E-state index is 0.124. The van der Waals surface area contributed by atoms with E-state index in [2.05, 4.69) is 52.8 Å². The van der Waals surface area contributed by atoms with E-state index in [9.17, 15) is 5.11 Å². The van der Waals surface area contributed by atoms with Crippen LogP contribution < -0.4 is 4.74 Å². The number of fused-ring (bicyclic) bond motifs is 1. The molecular weight excluding hydrogens is 368 g/mol. The van der Waals surface area contributed by atoms with E-state index in [4.69, 9.17) is 4.74 Å². The van der Waals surface area contributed by atoms with Crippen molar-refractivity contribution in [1.82, 2.24) is 0 Å². The summed E-state index contributed by atoms with van der Waals surface area (Å²) in [6.07, 6.45) is 15.8. The number of allylic oxidation sites excluding steroid dienone is 6. The van der Waals surface area contributed by atoms with Crippen LogP contribution in [0.1, 0.15) is 96.3 Å². The number of aryl methyl sites for hydroxylation is 1. The van der Waals surface area contributed by atoms with Crippen molar-refractivity contribution in [3.8, 4) is 11.5 Å². The molecule has 2 rings (SSSR count). The summed E-state index contributed by atoms with van der Waals surface area (Å²) in [5.74, 6) is 1.38. The van der Waals surface area contributed by atoms with E-state index in [1.165, 1.54) is 28.7 Å². The third kappa shape index (κ3) is 7.07. The summed E-state index contributed by atoms with van der Waals surface area (Å²) in [5.41, 5.74) is 7.31. The lowest BCUT2D eigenvalue weighted by Gasteiger charge is -2.37. The fourth-order valence-electron chi connectivity index (χ4n) is 4.22. The van der Waals surface area contributed by atoms with Crippen LogP contribution in [0.25, 0.3) is 0 Å². The summed E-state index contributed by atoms with van der Waals surface area (Å²) >= 11 is 0. The first-order chi connectivity index (χ1) is 14.1. The zero-order valence-electron chi connectivity index (χ0n) is 20.3. The Morgan fingerprint density at radius 2 is 1.60 bits per heavy atom. The molecule has 0 radical (unpaired) electrons. The summed E-state index contributed by atoms with van der Waals surface area (Å²) in [6.45, 7) is 15.0. The van der Waals surface area contributed by atoms with Crippen molar-refractivity contribution in [2.75, 3.05) is 0 Å². The van der Waals surface area contributed by atoms with Crippen LogP contribution in [0, 0.1) is 13.8 Å². The highest BCUT2D eigenvalue weighted by atomic mass is 16.5. The van der Waals surface area contributed by atoms with Crippen molar-refractivity contribution in [2.24, 2.45) is 0 Å². The van der Waals surface area contributed by atoms with Crippen molar-refractivity contribution >= 4 is 0 Å². The molecule has 0 bridgehead atoms. The van der Waals surface area contributed by atoms with Gasteiger partial charge in [-0.05, 0) is 117 Å². The lowest BCUT2D eigenvalue weighted by Crippen LogP contribution is -2.36. The Balaban J connectivity index is 1.82. The number of ether oxygens (including phenoxy) is 1. The van der Waals surface area contributed by atoms with Gasteiger partial charge in [-0.1, -0.05) is 34.9 Å². The second-order valence-electron chi connectivity index (χ2n) is 9.69. The molecule has 1 aromatic rings. The molecule has 1 N–H and O–H groups in total. The summed E-state index contributed by atoms with van der Waals surface area (Å²) in [6, 6.07) is 2.00. The number of rotatable bonds is 9. The van der Waals surface area contributed by atoms with Gasteiger partial charge in [0.05, 0.1) is 0 Å². The molecule has 30 heavy (non-hydrogen) atoms. The smallest absolute Gasteiger partial charge is 0.124 e. The lowest BCUT2D eigenvalue weighted by molar-refractivity contribution is 0.0567. The zero-order valence-corrected chi connectivity index (χ0v) is 20.3. The van der Waals surface area contributed by atoms with E-state index in [-0.39, 0.29) is 5.60 Å². The highest BCUT2D eigenvalue weighted by Crippen LogP contribution is 2.41. The molecule has 0 amide bonds. The Morgan fingerprint density at radius 3 is 2.23 bits per heavy atom. The van der Waals surface area contributed by atoms with Gasteiger partial charge in [-0.15, -0.1) is 0 Å². The van der Waals surface area contributed by atoms with Crippen LogP contribution in [0.3, 0.4) is 0 Å². The summed E-state index contributed by atoms with van der Waals surface area (Å²) in [7, 11) is 0. The van der Waals surface area contributed by atoms with Crippen LogP contribution in [0.2, 0.25) is 0 Å². The molecule has 0 fully saturated rings. The molecule has 1 atom stereocenters. The van der Waals surface area contributed by atoms with Gasteiger partial charge in [-0.3, -0.25) is 0 Å². The van der Waals surface area contributed by atoms with E-state index in [0.717, 1.165) is 61.8 Å². The molecule has 0 saturated carbocycles. The van der Waals surface area contributed by atoms with Gasteiger partial charge in [0.2, 0.25) is 0 Å². The molecule has 1 aliphatic heterocycles. The van der Waals surface area contributed by atoms with E-state index in [1.54, 1.807) is 0 Å². The lowest BCUT2D eigenvalue weighted by atomic mass is 9.86. The van der Waals surface area contributed by atoms with E-state index >= 15 is 0 Å². The molecule has 1 aliphatic rings. The third-order valence-electron chi connectivity index (χ3n) is 6.38. The van der Waals surface area contributed by atoms with Crippen LogP contribution >= 0.6 is 0 Å². The fraction of sp³-hybridized carbons (Fsp3) is 0.571. The topological polar surface area (TPSA) is 29.5 Å². The van der Waals surface area contributed by atoms with Crippen LogP contribution in [0.4, 0.5) is 0 Å². The van der Waals surface area contributed by atoms with Crippen molar-refractivity contribution in [1.29, 1.82) is 0 Å². The van der Waals surface area contributed by atoms with Crippen molar-refractivity contribution in [2.45, 2.75) is 105 Å². The molecule has 0 spiro atoms. The Labute approximate surface area is 184 Å². The van der Waals surface area contributed by atoms with Crippen molar-refractivity contribution in [3.05, 3.63) is 57.7 Å². The van der Waals surface area contributed by atoms with Gasteiger partial charge in [0, 0.05) is 5.56 Å². The monoisotopic (exact) mass is 410 g/mol. The summed E-state index contributed by atoms with van der Waals surface area (Å²) in [5, 5.41) is 10.2. The van der Waals surface area contributed by atoms with Gasteiger partial charge in [0.1, 0.15) is 17.1 Å². The summed E-state index contributed by atoms with van der Waals surface area (Å²) in [4.78, 5) is 0. The Morgan fingerprint density at radius 1 is 1.00 bits per heavy atom. The van der Waals surface area contributed by atoms with Gasteiger partial charge in [-0.25, -0.2) is 0 Å².